The van der Waals surface area contributed by atoms with Crippen molar-refractivity contribution in [3.8, 4) is 5.75 Å². The monoisotopic (exact) mass is 222 g/mol. The zero-order chi connectivity index (χ0) is 12.2. The smallest absolute Gasteiger partial charge is 0.251 e. The first kappa shape index (κ1) is 12.5. The summed E-state index contributed by atoms with van der Waals surface area (Å²) >= 11 is 0. The second-order valence-corrected chi connectivity index (χ2v) is 4.40. The minimum Gasteiger partial charge on any atom is -0.497 e. The summed E-state index contributed by atoms with van der Waals surface area (Å²) in [5.74, 6) is 0.608. The lowest BCUT2D eigenvalue weighted by Gasteiger charge is -2.18. The Morgan fingerprint density at radius 2 is 1.94 bits per heavy atom. The number of carbonyl (C=O) groups is 1. The average Bonchev–Trinajstić information content (AvgIpc) is 2.25. The molecule has 1 aromatic rings. The van der Waals surface area contributed by atoms with Crippen molar-refractivity contribution in [2.75, 3.05) is 13.7 Å². The molecule has 0 aliphatic heterocycles. The average molecular weight is 222 g/mol. The van der Waals surface area contributed by atoms with Gasteiger partial charge in [-0.05, 0) is 38.1 Å². The maximum absolute atomic E-state index is 11.7. The highest BCUT2D eigenvalue weighted by Crippen LogP contribution is 2.11. The Labute approximate surface area is 95.8 Å². The van der Waals surface area contributed by atoms with E-state index in [0.717, 1.165) is 5.75 Å². The van der Waals surface area contributed by atoms with Crippen molar-refractivity contribution in [2.45, 2.75) is 19.4 Å². The second-order valence-electron chi connectivity index (χ2n) is 4.40. The molecule has 0 heterocycles. The SMILES string of the molecule is COc1ccc(C(=O)NCC(C)(C)N)cc1. The molecule has 3 N–H and O–H groups in total. The van der Waals surface area contributed by atoms with Gasteiger partial charge in [-0.2, -0.15) is 0 Å². The maximum Gasteiger partial charge on any atom is 0.251 e. The lowest BCUT2D eigenvalue weighted by atomic mass is 10.1. The Hall–Kier alpha value is -1.55. The Morgan fingerprint density at radius 3 is 2.38 bits per heavy atom. The molecule has 0 bridgehead atoms. The molecule has 0 aliphatic carbocycles. The van der Waals surface area contributed by atoms with Crippen molar-refractivity contribution >= 4 is 5.91 Å². The Kier molecular flexibility index (Phi) is 3.90. The molecule has 0 saturated heterocycles. The summed E-state index contributed by atoms with van der Waals surface area (Å²) in [6.07, 6.45) is 0. The summed E-state index contributed by atoms with van der Waals surface area (Å²) < 4.78 is 5.01. The fourth-order valence-corrected chi connectivity index (χ4v) is 1.15. The molecule has 16 heavy (non-hydrogen) atoms. The number of nitrogens with one attached hydrogen (secondary N) is 1. The van der Waals surface area contributed by atoms with Gasteiger partial charge in [0, 0.05) is 17.6 Å². The van der Waals surface area contributed by atoms with Gasteiger partial charge in [-0.25, -0.2) is 0 Å². The number of amides is 1. The third kappa shape index (κ3) is 3.90. The molecule has 1 rings (SSSR count). The van der Waals surface area contributed by atoms with Crippen molar-refractivity contribution in [1.82, 2.24) is 5.32 Å². The predicted octanol–water partition coefficient (Wildman–Crippen LogP) is 1.16. The summed E-state index contributed by atoms with van der Waals surface area (Å²) in [7, 11) is 1.59. The van der Waals surface area contributed by atoms with Crippen LogP contribution in [-0.2, 0) is 0 Å². The Balaban J connectivity index is 2.59. The van der Waals surface area contributed by atoms with Crippen molar-refractivity contribution in [3.05, 3.63) is 29.8 Å². The number of rotatable bonds is 4. The third-order valence-electron chi connectivity index (χ3n) is 2.06. The van der Waals surface area contributed by atoms with Gasteiger partial charge >= 0.3 is 0 Å². The molecular weight excluding hydrogens is 204 g/mol. The van der Waals surface area contributed by atoms with Crippen molar-refractivity contribution in [3.63, 3.8) is 0 Å². The van der Waals surface area contributed by atoms with Gasteiger partial charge in [0.15, 0.2) is 0 Å². The summed E-state index contributed by atoms with van der Waals surface area (Å²) in [5, 5.41) is 2.77. The van der Waals surface area contributed by atoms with E-state index < -0.39 is 5.54 Å². The first-order valence-electron chi connectivity index (χ1n) is 5.13. The quantitative estimate of drug-likeness (QED) is 0.803. The van der Waals surface area contributed by atoms with Crippen LogP contribution in [-0.4, -0.2) is 25.1 Å². The molecule has 0 radical (unpaired) electrons. The van der Waals surface area contributed by atoms with Crippen LogP contribution in [0.25, 0.3) is 0 Å². The van der Waals surface area contributed by atoms with Gasteiger partial charge in [0.05, 0.1) is 7.11 Å². The molecule has 0 fully saturated rings. The largest absolute Gasteiger partial charge is 0.497 e. The summed E-state index contributed by atoms with van der Waals surface area (Å²) in [4.78, 5) is 11.7. The van der Waals surface area contributed by atoms with Crippen LogP contribution in [0.3, 0.4) is 0 Å². The van der Waals surface area contributed by atoms with Crippen LogP contribution in [0, 0.1) is 0 Å². The third-order valence-corrected chi connectivity index (χ3v) is 2.06. The van der Waals surface area contributed by atoms with E-state index in [1.165, 1.54) is 0 Å². The Morgan fingerprint density at radius 1 is 1.38 bits per heavy atom. The van der Waals surface area contributed by atoms with Gasteiger partial charge in [-0.1, -0.05) is 0 Å². The van der Waals surface area contributed by atoms with E-state index in [0.29, 0.717) is 12.1 Å². The minimum atomic E-state index is -0.401. The van der Waals surface area contributed by atoms with E-state index in [-0.39, 0.29) is 5.91 Å². The van der Waals surface area contributed by atoms with E-state index in [2.05, 4.69) is 5.32 Å². The lowest BCUT2D eigenvalue weighted by molar-refractivity contribution is 0.0946. The van der Waals surface area contributed by atoms with E-state index in [4.69, 9.17) is 10.5 Å². The topological polar surface area (TPSA) is 64.3 Å². The normalized spacial score (nSPS) is 11.0. The molecule has 0 aliphatic rings. The van der Waals surface area contributed by atoms with Crippen molar-refractivity contribution in [2.24, 2.45) is 5.73 Å². The van der Waals surface area contributed by atoms with Gasteiger partial charge < -0.3 is 15.8 Å². The van der Waals surface area contributed by atoms with Gasteiger partial charge in [-0.15, -0.1) is 0 Å². The predicted molar refractivity (Wildman–Crippen MR) is 63.6 cm³/mol. The molecule has 4 heteroatoms. The highest BCUT2D eigenvalue weighted by atomic mass is 16.5. The molecule has 0 atom stereocenters. The van der Waals surface area contributed by atoms with Crippen molar-refractivity contribution < 1.29 is 9.53 Å². The van der Waals surface area contributed by atoms with E-state index >= 15 is 0 Å². The van der Waals surface area contributed by atoms with Crippen LogP contribution < -0.4 is 15.8 Å². The van der Waals surface area contributed by atoms with Crippen molar-refractivity contribution in [1.29, 1.82) is 0 Å². The number of carbonyl (C=O) groups excluding carboxylic acids is 1. The fourth-order valence-electron chi connectivity index (χ4n) is 1.15. The van der Waals surface area contributed by atoms with Gasteiger partial charge in [-0.3, -0.25) is 4.79 Å². The van der Waals surface area contributed by atoms with Crippen LogP contribution in [0.15, 0.2) is 24.3 Å². The molecule has 0 aromatic heterocycles. The Bertz CT molecular complexity index is 352. The summed E-state index contributed by atoms with van der Waals surface area (Å²) in [6.45, 7) is 4.17. The van der Waals surface area contributed by atoms with E-state index in [9.17, 15) is 4.79 Å². The molecule has 1 amide bonds. The molecule has 1 aromatic carbocycles. The first-order chi connectivity index (χ1) is 7.42. The number of hydrogen-bond acceptors (Lipinski definition) is 3. The van der Waals surface area contributed by atoms with Crippen LogP contribution in [0.1, 0.15) is 24.2 Å². The first-order valence-corrected chi connectivity index (χ1v) is 5.13. The molecule has 4 nitrogen and oxygen atoms in total. The molecular formula is C12H18N2O2. The van der Waals surface area contributed by atoms with Crippen LogP contribution in [0.2, 0.25) is 0 Å². The highest BCUT2D eigenvalue weighted by Gasteiger charge is 2.13. The fraction of sp³-hybridized carbons (Fsp3) is 0.417. The van der Waals surface area contributed by atoms with E-state index in [1.807, 2.05) is 13.8 Å². The zero-order valence-electron chi connectivity index (χ0n) is 9.91. The zero-order valence-corrected chi connectivity index (χ0v) is 9.91. The minimum absolute atomic E-state index is 0.124. The van der Waals surface area contributed by atoms with Crippen LogP contribution >= 0.6 is 0 Å². The molecule has 0 spiro atoms. The van der Waals surface area contributed by atoms with Crippen LogP contribution in [0.5, 0.6) is 5.75 Å². The van der Waals surface area contributed by atoms with Gasteiger partial charge in [0.1, 0.15) is 5.75 Å². The summed E-state index contributed by atoms with van der Waals surface area (Å²) in [5.41, 5.74) is 5.97. The van der Waals surface area contributed by atoms with Crippen LogP contribution in [0.4, 0.5) is 0 Å². The number of methoxy groups -OCH3 is 1. The van der Waals surface area contributed by atoms with E-state index in [1.54, 1.807) is 31.4 Å². The number of benzene rings is 1. The highest BCUT2D eigenvalue weighted by molar-refractivity contribution is 5.94. The van der Waals surface area contributed by atoms with Gasteiger partial charge in [0.2, 0.25) is 0 Å². The van der Waals surface area contributed by atoms with Gasteiger partial charge in [0.25, 0.3) is 5.91 Å². The maximum atomic E-state index is 11.7. The number of hydrogen-bond donors (Lipinski definition) is 2. The lowest BCUT2D eigenvalue weighted by Crippen LogP contribution is -2.45. The number of ether oxygens (including phenoxy) is 1. The summed E-state index contributed by atoms with van der Waals surface area (Å²) in [6, 6.07) is 6.94. The standard InChI is InChI=1S/C12H18N2O2/c1-12(2,13)8-14-11(15)9-4-6-10(16-3)7-5-9/h4-7H,8,13H2,1-3H3,(H,14,15). The molecule has 0 saturated carbocycles. The molecule has 88 valence electrons. The molecule has 0 unspecified atom stereocenters. The number of nitrogens with two attached hydrogens (primary N) is 1. The second kappa shape index (κ2) is 4.99.